The van der Waals surface area contributed by atoms with Crippen LogP contribution < -0.4 is 14.7 Å². The Bertz CT molecular complexity index is 889. The topological polar surface area (TPSA) is 62.6 Å². The van der Waals surface area contributed by atoms with Gasteiger partial charge in [0, 0.05) is 43.2 Å². The van der Waals surface area contributed by atoms with Crippen molar-refractivity contribution in [2.24, 2.45) is 5.10 Å². The van der Waals surface area contributed by atoms with Crippen molar-refractivity contribution in [1.29, 1.82) is 0 Å². The van der Waals surface area contributed by atoms with Crippen molar-refractivity contribution in [3.63, 3.8) is 0 Å². The molecule has 7 nitrogen and oxygen atoms in total. The molecule has 7 heteroatoms. The van der Waals surface area contributed by atoms with E-state index in [1.807, 2.05) is 24.1 Å². The van der Waals surface area contributed by atoms with Gasteiger partial charge in [-0.3, -0.25) is 9.80 Å². The Morgan fingerprint density at radius 2 is 1.43 bits per heavy atom. The molecule has 0 spiro atoms. The van der Waals surface area contributed by atoms with Crippen LogP contribution in [-0.4, -0.2) is 61.1 Å². The van der Waals surface area contributed by atoms with E-state index in [1.165, 1.54) is 5.69 Å². The molecule has 1 atom stereocenters. The number of rotatable bonds is 6. The third-order valence-corrected chi connectivity index (χ3v) is 5.89. The summed E-state index contributed by atoms with van der Waals surface area (Å²) in [4.78, 5) is 18.6. The SMILES string of the molecule is CCC(C(C)=O)N1CN(c2ccc(N3CCN(c4ccc(O)cc4)CC3)cc2)C=N1. The van der Waals surface area contributed by atoms with E-state index < -0.39 is 0 Å². The minimum Gasteiger partial charge on any atom is -0.508 e. The summed E-state index contributed by atoms with van der Waals surface area (Å²) in [5, 5.41) is 15.8. The van der Waals surface area contributed by atoms with Crippen LogP contribution in [0.15, 0.2) is 53.6 Å². The van der Waals surface area contributed by atoms with Crippen molar-refractivity contribution in [3.05, 3.63) is 48.5 Å². The summed E-state index contributed by atoms with van der Waals surface area (Å²) in [6, 6.07) is 15.8. The fourth-order valence-corrected chi connectivity index (χ4v) is 4.13. The normalized spacial score (nSPS) is 17.5. The fourth-order valence-electron chi connectivity index (χ4n) is 4.13. The first-order valence-electron chi connectivity index (χ1n) is 10.5. The Kier molecular flexibility index (Phi) is 5.79. The standard InChI is InChI=1S/C23H29N5O2/c1-3-23(18(2)29)28-17-27(16-24-28)21-6-4-19(5-7-21)25-12-14-26(15-13-25)20-8-10-22(30)11-9-20/h4-11,16,23,30H,3,12-15,17H2,1-2H3. The summed E-state index contributed by atoms with van der Waals surface area (Å²) in [5.41, 5.74) is 3.44. The number of hydrogen-bond acceptors (Lipinski definition) is 7. The molecule has 2 aromatic carbocycles. The molecule has 0 aliphatic carbocycles. The number of phenolic OH excluding ortho intramolecular Hbond substituents is 1. The van der Waals surface area contributed by atoms with E-state index in [0.29, 0.717) is 12.4 Å². The molecule has 4 rings (SSSR count). The number of ketones is 1. The number of piperazine rings is 1. The van der Waals surface area contributed by atoms with Crippen LogP contribution in [0.5, 0.6) is 5.75 Å². The van der Waals surface area contributed by atoms with Gasteiger partial charge in [-0.2, -0.15) is 5.10 Å². The van der Waals surface area contributed by atoms with Crippen molar-refractivity contribution in [2.75, 3.05) is 47.5 Å². The van der Waals surface area contributed by atoms with Crippen molar-refractivity contribution in [3.8, 4) is 5.75 Å². The molecule has 1 saturated heterocycles. The quantitative estimate of drug-likeness (QED) is 0.794. The highest BCUT2D eigenvalue weighted by Crippen LogP contribution is 2.25. The summed E-state index contributed by atoms with van der Waals surface area (Å²) in [6.07, 6.45) is 2.56. The molecule has 1 unspecified atom stereocenters. The van der Waals surface area contributed by atoms with Crippen molar-refractivity contribution in [2.45, 2.75) is 26.3 Å². The van der Waals surface area contributed by atoms with E-state index in [9.17, 15) is 9.90 Å². The summed E-state index contributed by atoms with van der Waals surface area (Å²) >= 11 is 0. The lowest BCUT2D eigenvalue weighted by atomic mass is 10.1. The van der Waals surface area contributed by atoms with Gasteiger partial charge in [-0.05, 0) is 61.9 Å². The molecule has 0 amide bonds. The smallest absolute Gasteiger partial charge is 0.153 e. The molecule has 2 aromatic rings. The monoisotopic (exact) mass is 407 g/mol. The van der Waals surface area contributed by atoms with Crippen LogP contribution in [0.1, 0.15) is 20.3 Å². The van der Waals surface area contributed by atoms with Crippen molar-refractivity contribution >= 4 is 29.2 Å². The number of Topliss-reactive ketones (excluding diaryl/α,β-unsaturated/α-hetero) is 1. The molecule has 0 bridgehead atoms. The summed E-state index contributed by atoms with van der Waals surface area (Å²) in [6.45, 7) is 8.05. The molecule has 2 heterocycles. The Morgan fingerprint density at radius 1 is 0.933 bits per heavy atom. The Morgan fingerprint density at radius 3 is 1.93 bits per heavy atom. The molecule has 0 radical (unpaired) electrons. The number of phenols is 1. The molecular formula is C23H29N5O2. The molecule has 30 heavy (non-hydrogen) atoms. The average Bonchev–Trinajstić information content (AvgIpc) is 3.24. The number of carbonyl (C=O) groups is 1. The summed E-state index contributed by atoms with van der Waals surface area (Å²) in [7, 11) is 0. The first-order valence-corrected chi connectivity index (χ1v) is 10.5. The maximum absolute atomic E-state index is 11.8. The van der Waals surface area contributed by atoms with Crippen LogP contribution in [0.25, 0.3) is 0 Å². The van der Waals surface area contributed by atoms with Crippen LogP contribution in [-0.2, 0) is 4.79 Å². The van der Waals surface area contributed by atoms with Crippen LogP contribution in [0, 0.1) is 0 Å². The van der Waals surface area contributed by atoms with Crippen LogP contribution >= 0.6 is 0 Å². The molecule has 2 aliphatic rings. The predicted molar refractivity (Wildman–Crippen MR) is 121 cm³/mol. The third-order valence-electron chi connectivity index (χ3n) is 5.89. The molecule has 1 N–H and O–H groups in total. The van der Waals surface area contributed by atoms with Crippen LogP contribution in [0.3, 0.4) is 0 Å². The highest BCUT2D eigenvalue weighted by Gasteiger charge is 2.25. The fraction of sp³-hybridized carbons (Fsp3) is 0.391. The maximum atomic E-state index is 11.8. The molecule has 158 valence electrons. The van der Waals surface area contributed by atoms with E-state index in [-0.39, 0.29) is 11.8 Å². The second kappa shape index (κ2) is 8.65. The number of carbonyl (C=O) groups excluding carboxylic acids is 1. The highest BCUT2D eigenvalue weighted by molar-refractivity contribution is 5.84. The van der Waals surface area contributed by atoms with Crippen molar-refractivity contribution in [1.82, 2.24) is 5.01 Å². The third kappa shape index (κ3) is 4.20. The summed E-state index contributed by atoms with van der Waals surface area (Å²) in [5.74, 6) is 0.452. The zero-order chi connectivity index (χ0) is 21.1. The van der Waals surface area contributed by atoms with Crippen molar-refractivity contribution < 1.29 is 9.90 Å². The summed E-state index contributed by atoms with van der Waals surface area (Å²) < 4.78 is 0. The van der Waals surface area contributed by atoms with Crippen LogP contribution in [0.2, 0.25) is 0 Å². The second-order valence-electron chi connectivity index (χ2n) is 7.82. The van der Waals surface area contributed by atoms with E-state index in [4.69, 9.17) is 0 Å². The highest BCUT2D eigenvalue weighted by atomic mass is 16.3. The minimum atomic E-state index is -0.157. The Balaban J connectivity index is 1.34. The zero-order valence-electron chi connectivity index (χ0n) is 17.6. The minimum absolute atomic E-state index is 0.151. The van der Waals surface area contributed by atoms with Gasteiger partial charge in [0.05, 0.1) is 0 Å². The zero-order valence-corrected chi connectivity index (χ0v) is 17.6. The average molecular weight is 408 g/mol. The first kappa shape index (κ1) is 20.1. The van der Waals surface area contributed by atoms with Gasteiger partial charge in [0.1, 0.15) is 24.8 Å². The van der Waals surface area contributed by atoms with Gasteiger partial charge >= 0.3 is 0 Å². The lowest BCUT2D eigenvalue weighted by Crippen LogP contribution is -2.46. The number of nitrogens with zero attached hydrogens (tertiary/aromatic N) is 5. The number of hydrogen-bond donors (Lipinski definition) is 1. The van der Waals surface area contributed by atoms with Gasteiger partial charge < -0.3 is 19.8 Å². The van der Waals surface area contributed by atoms with Gasteiger partial charge in [-0.15, -0.1) is 0 Å². The number of benzene rings is 2. The Hall–Kier alpha value is -3.22. The maximum Gasteiger partial charge on any atom is 0.153 e. The lowest BCUT2D eigenvalue weighted by Gasteiger charge is -2.37. The lowest BCUT2D eigenvalue weighted by molar-refractivity contribution is -0.122. The van der Waals surface area contributed by atoms with Gasteiger partial charge in [0.25, 0.3) is 0 Å². The molecule has 2 aliphatic heterocycles. The second-order valence-corrected chi connectivity index (χ2v) is 7.82. The number of hydrazone groups is 1. The predicted octanol–water partition coefficient (Wildman–Crippen LogP) is 3.11. The van der Waals surface area contributed by atoms with Crippen LogP contribution in [0.4, 0.5) is 17.1 Å². The van der Waals surface area contributed by atoms with E-state index in [0.717, 1.165) is 44.0 Å². The molecule has 1 fully saturated rings. The molecule has 0 aromatic heterocycles. The number of aromatic hydroxyl groups is 1. The van der Waals surface area contributed by atoms with E-state index in [2.05, 4.69) is 44.1 Å². The molecule has 0 saturated carbocycles. The van der Waals surface area contributed by atoms with Gasteiger partial charge in [0.15, 0.2) is 5.78 Å². The van der Waals surface area contributed by atoms with E-state index >= 15 is 0 Å². The largest absolute Gasteiger partial charge is 0.508 e. The van der Waals surface area contributed by atoms with Gasteiger partial charge in [0.2, 0.25) is 0 Å². The number of anilines is 3. The first-order chi connectivity index (χ1) is 14.5. The van der Waals surface area contributed by atoms with Gasteiger partial charge in [-0.25, -0.2) is 0 Å². The molecular weight excluding hydrogens is 378 g/mol. The van der Waals surface area contributed by atoms with E-state index in [1.54, 1.807) is 25.4 Å². The Labute approximate surface area is 177 Å². The van der Waals surface area contributed by atoms with Gasteiger partial charge in [-0.1, -0.05) is 6.92 Å².